The summed E-state index contributed by atoms with van der Waals surface area (Å²) in [6.45, 7) is 0. The van der Waals surface area contributed by atoms with Gasteiger partial charge in [-0.15, -0.1) is 0 Å². The molecule has 15 heteroatoms. The Morgan fingerprint density at radius 2 is 0.933 bits per heavy atom. The fourth-order valence-corrected chi connectivity index (χ4v) is 0.632. The molecule has 10 nitrogen and oxygen atoms in total. The predicted molar refractivity (Wildman–Crippen MR) is 32.7 cm³/mol. The molecule has 0 saturated carbocycles. The first-order valence-corrected chi connectivity index (χ1v) is 4.46. The molecular weight excluding hydrogens is 326 g/mol. The van der Waals surface area contributed by atoms with Crippen molar-refractivity contribution in [1.82, 2.24) is 0 Å². The molecule has 15 heavy (non-hydrogen) atoms. The molecule has 0 aromatic carbocycles. The van der Waals surface area contributed by atoms with Gasteiger partial charge in [0.05, 0.1) is 0 Å². The second kappa shape index (κ2) is 14.2. The molecule has 88 valence electrons. The Morgan fingerprint density at radius 1 is 0.800 bits per heavy atom. The topological polar surface area (TPSA) is 168 Å². The van der Waals surface area contributed by atoms with Gasteiger partial charge in [-0.1, -0.05) is 8.67 Å². The van der Waals surface area contributed by atoms with Crippen LogP contribution in [-0.2, 0) is 46.5 Å². The van der Waals surface area contributed by atoms with Crippen LogP contribution in [0.3, 0.4) is 0 Å². The van der Waals surface area contributed by atoms with Crippen molar-refractivity contribution in [2.45, 2.75) is 0 Å². The van der Waals surface area contributed by atoms with Gasteiger partial charge in [-0.2, -0.15) is 16.8 Å². The molecule has 0 amide bonds. The van der Waals surface area contributed by atoms with E-state index in [-0.39, 0.29) is 79.0 Å². The van der Waals surface area contributed by atoms with Crippen LogP contribution in [0.4, 0.5) is 0 Å². The van der Waals surface area contributed by atoms with Crippen molar-refractivity contribution in [2.75, 3.05) is 0 Å². The molecule has 0 fully saturated rings. The van der Waals surface area contributed by atoms with E-state index in [1.54, 1.807) is 0 Å². The van der Waals surface area contributed by atoms with Gasteiger partial charge < -0.3 is 2.85 Å². The van der Waals surface area contributed by atoms with Gasteiger partial charge in [0.25, 0.3) is 0 Å². The van der Waals surface area contributed by atoms with Gasteiger partial charge in [0.2, 0.25) is 0 Å². The van der Waals surface area contributed by atoms with Crippen molar-refractivity contribution in [1.29, 1.82) is 0 Å². The number of rotatable bonds is 3. The maximum absolute atomic E-state index is 9.51. The summed E-state index contributed by atoms with van der Waals surface area (Å²) in [6.07, 6.45) is 0. The van der Waals surface area contributed by atoms with Gasteiger partial charge in [-0.3, -0.25) is 19.6 Å². The van der Waals surface area contributed by atoms with Gasteiger partial charge in [0.1, 0.15) is 0 Å². The Bertz CT molecular complexity index is 266. The van der Waals surface area contributed by atoms with Gasteiger partial charge in [0, 0.05) is 17.1 Å². The molecule has 0 aliphatic heterocycles. The molecule has 0 heterocycles. The van der Waals surface area contributed by atoms with Crippen LogP contribution in [0, 0.1) is 0 Å². The van der Waals surface area contributed by atoms with E-state index in [4.69, 9.17) is 19.6 Å². The molecule has 0 saturated heterocycles. The monoisotopic (exact) mass is 332 g/mol. The number of hydrogen-bond acceptors (Lipinski definition) is 8. The van der Waals surface area contributed by atoms with Crippen molar-refractivity contribution in [3.8, 4) is 0 Å². The summed E-state index contributed by atoms with van der Waals surface area (Å²) in [5.41, 5.74) is 0. The van der Waals surface area contributed by atoms with E-state index in [1.807, 2.05) is 0 Å². The third kappa shape index (κ3) is 38.6. The third-order valence-electron chi connectivity index (χ3n) is 0.200. The quantitative estimate of drug-likeness (QED) is 0.169. The van der Waals surface area contributed by atoms with Gasteiger partial charge in [-0.05, 0) is 0 Å². The Hall–Kier alpha value is 2.18. The molecule has 0 radical (unpaired) electrons. The SMILES string of the molecule is O=S(=O)(O)OOS(=O)(=O)O.OO.[Fe].[H-].[H-].[Na+].[Na+]. The number of hydrogen-bond donors (Lipinski definition) is 4. The Morgan fingerprint density at radius 3 is 1.00 bits per heavy atom. The van der Waals surface area contributed by atoms with E-state index in [1.165, 1.54) is 0 Å². The molecule has 0 aliphatic carbocycles. The van der Waals surface area contributed by atoms with Crippen molar-refractivity contribution in [3.63, 3.8) is 0 Å². The molecule has 0 bridgehead atoms. The summed E-state index contributed by atoms with van der Waals surface area (Å²) >= 11 is 0. The van der Waals surface area contributed by atoms with Crippen molar-refractivity contribution in [3.05, 3.63) is 0 Å². The fourth-order valence-electron chi connectivity index (χ4n) is 0.0702. The molecule has 0 aliphatic rings. The minimum atomic E-state index is -5.02. The van der Waals surface area contributed by atoms with E-state index >= 15 is 0 Å². The molecule has 0 aromatic heterocycles. The van der Waals surface area contributed by atoms with Crippen LogP contribution in [0.15, 0.2) is 0 Å². The van der Waals surface area contributed by atoms with Gasteiger partial charge in [0.15, 0.2) is 0 Å². The minimum absolute atomic E-state index is 0. The van der Waals surface area contributed by atoms with Gasteiger partial charge in [-0.25, -0.2) is 0 Å². The Balaban J connectivity index is -0.0000000270. The summed E-state index contributed by atoms with van der Waals surface area (Å²) < 4.78 is 58.9. The summed E-state index contributed by atoms with van der Waals surface area (Å²) in [6, 6.07) is 0. The van der Waals surface area contributed by atoms with E-state index in [0.717, 1.165) is 0 Å². The van der Waals surface area contributed by atoms with E-state index in [2.05, 4.69) is 8.67 Å². The molecule has 0 spiro atoms. The molecule has 4 N–H and O–H groups in total. The first-order chi connectivity index (χ1) is 5.21. The Labute approximate surface area is 143 Å². The zero-order chi connectivity index (χ0) is 10.4. The van der Waals surface area contributed by atoms with Gasteiger partial charge >= 0.3 is 79.9 Å². The van der Waals surface area contributed by atoms with E-state index in [0.29, 0.717) is 0 Å². The van der Waals surface area contributed by atoms with Crippen LogP contribution in [0.5, 0.6) is 0 Å². The fraction of sp³-hybridized carbons (Fsp3) is 0. The second-order valence-corrected chi connectivity index (χ2v) is 2.97. The normalized spacial score (nSPS) is 9.33. The molecule has 0 aromatic rings. The van der Waals surface area contributed by atoms with Crippen molar-refractivity contribution >= 4 is 20.8 Å². The standard InChI is InChI=1S/Fe.2Na.H2O8S2.H2O2.2H/c;;;1-9(2,3)7-8-10(4,5)6;1-2;;/h;;;(H,1,2,3)(H,4,5,6);1-2H;;/q;2*+1;;;2*-1. The maximum Gasteiger partial charge on any atom is 1.00 e. The molecule has 0 rings (SSSR count). The van der Waals surface area contributed by atoms with Crippen LogP contribution in [0.1, 0.15) is 2.85 Å². The first kappa shape index (κ1) is 30.3. The second-order valence-electron chi connectivity index (χ2n) is 0.992. The predicted octanol–water partition coefficient (Wildman–Crippen LogP) is -7.21. The minimum Gasteiger partial charge on any atom is -1.00 e. The van der Waals surface area contributed by atoms with E-state index < -0.39 is 20.8 Å². The average molecular weight is 332 g/mol. The van der Waals surface area contributed by atoms with Crippen LogP contribution < -0.4 is 59.1 Å². The van der Waals surface area contributed by atoms with Crippen LogP contribution in [-0.4, -0.2) is 36.5 Å². The van der Waals surface area contributed by atoms with Crippen molar-refractivity contribution < 1.29 is 124 Å². The molecule has 0 atom stereocenters. The Kier molecular flexibility index (Phi) is 28.8. The summed E-state index contributed by atoms with van der Waals surface area (Å²) in [4.78, 5) is 0. The zero-order valence-corrected chi connectivity index (χ0v) is 14.1. The maximum atomic E-state index is 9.51. The van der Waals surface area contributed by atoms with Crippen LogP contribution in [0.2, 0.25) is 0 Å². The zero-order valence-electron chi connectivity index (χ0n) is 9.41. The van der Waals surface area contributed by atoms with Crippen LogP contribution in [0.25, 0.3) is 0 Å². The van der Waals surface area contributed by atoms with Crippen molar-refractivity contribution in [2.24, 2.45) is 0 Å². The summed E-state index contributed by atoms with van der Waals surface area (Å²) in [7, 11) is -10.0. The summed E-state index contributed by atoms with van der Waals surface area (Å²) in [5, 5.41) is 12.0. The average Bonchev–Trinajstić information content (AvgIpc) is 1.86. The van der Waals surface area contributed by atoms with E-state index in [9.17, 15) is 16.8 Å². The smallest absolute Gasteiger partial charge is 1.00 e. The molecular formula is H6FeNa2O10S2. The summed E-state index contributed by atoms with van der Waals surface area (Å²) in [5.74, 6) is 0. The first-order valence-electron chi connectivity index (χ1n) is 1.73. The largest absolute Gasteiger partial charge is 1.00 e. The molecule has 0 unspecified atom stereocenters. The van der Waals surface area contributed by atoms with Crippen LogP contribution >= 0.6 is 0 Å². The third-order valence-corrected chi connectivity index (χ3v) is 0.766.